The summed E-state index contributed by atoms with van der Waals surface area (Å²) in [6.45, 7) is 4.18. The van der Waals surface area contributed by atoms with Gasteiger partial charge in [0.1, 0.15) is 18.5 Å². The summed E-state index contributed by atoms with van der Waals surface area (Å²) in [6.07, 6.45) is 2.29. The van der Waals surface area contributed by atoms with Gasteiger partial charge in [0.05, 0.1) is 18.6 Å². The van der Waals surface area contributed by atoms with Crippen LogP contribution in [-0.2, 0) is 16.1 Å². The van der Waals surface area contributed by atoms with Gasteiger partial charge >= 0.3 is 11.9 Å². The van der Waals surface area contributed by atoms with Crippen LogP contribution in [0.5, 0.6) is 0 Å². The Hall–Kier alpha value is -3.36. The average molecular weight is 385 g/mol. The lowest BCUT2D eigenvalue weighted by molar-refractivity contribution is -0.409. The smallest absolute Gasteiger partial charge is 0.445 e. The molecule has 2 aliphatic rings. The van der Waals surface area contributed by atoms with Gasteiger partial charge in [0, 0.05) is 17.7 Å². The molecule has 1 aromatic rings. The summed E-state index contributed by atoms with van der Waals surface area (Å²) in [4.78, 5) is 41.7. The van der Waals surface area contributed by atoms with Crippen LogP contribution < -0.4 is 0 Å². The van der Waals surface area contributed by atoms with Crippen molar-refractivity contribution in [2.45, 2.75) is 26.8 Å². The molecule has 28 heavy (non-hydrogen) atoms. The van der Waals surface area contributed by atoms with Gasteiger partial charge in [-0.1, -0.05) is 6.92 Å². The SMILES string of the molecule is CCOC1=C(CC)C=NC2=[N+](C)C(=O)N(Cc3ccc([N+](=O)[O-])cc3)C(=O)C12. The van der Waals surface area contributed by atoms with E-state index in [0.29, 0.717) is 30.2 Å². The van der Waals surface area contributed by atoms with Crippen molar-refractivity contribution in [3.05, 3.63) is 51.3 Å². The minimum absolute atomic E-state index is 0.00829. The molecular formula is C19H21N4O5+. The molecular weight excluding hydrogens is 364 g/mol. The summed E-state index contributed by atoms with van der Waals surface area (Å²) in [5.74, 6) is -0.327. The Balaban J connectivity index is 1.97. The number of dihydropyridines is 1. The molecule has 0 saturated carbocycles. The zero-order chi connectivity index (χ0) is 20.4. The lowest BCUT2D eigenvalue weighted by Crippen LogP contribution is -2.54. The number of fused-ring (bicyclic) bond motifs is 1. The van der Waals surface area contributed by atoms with Crippen molar-refractivity contribution in [3.8, 4) is 0 Å². The van der Waals surface area contributed by atoms with Crippen LogP contribution in [0.25, 0.3) is 0 Å². The molecule has 3 amide bonds. The topological polar surface area (TPSA) is 105 Å². The van der Waals surface area contributed by atoms with E-state index < -0.39 is 22.8 Å². The van der Waals surface area contributed by atoms with Crippen LogP contribution >= 0.6 is 0 Å². The lowest BCUT2D eigenvalue weighted by Gasteiger charge is -2.29. The third-order valence-electron chi connectivity index (χ3n) is 4.73. The highest BCUT2D eigenvalue weighted by atomic mass is 16.6. The fourth-order valence-electron chi connectivity index (χ4n) is 3.27. The Morgan fingerprint density at radius 1 is 1.25 bits per heavy atom. The number of non-ortho nitro benzene ring substituents is 1. The number of allylic oxidation sites excluding steroid dienone is 1. The second kappa shape index (κ2) is 7.71. The molecule has 0 bridgehead atoms. The Morgan fingerprint density at radius 3 is 2.50 bits per heavy atom. The molecule has 146 valence electrons. The monoisotopic (exact) mass is 385 g/mol. The van der Waals surface area contributed by atoms with Gasteiger partial charge in [-0.05, 0) is 31.0 Å². The largest absolute Gasteiger partial charge is 0.496 e. The van der Waals surface area contributed by atoms with Crippen LogP contribution in [-0.4, -0.2) is 52.0 Å². The van der Waals surface area contributed by atoms with Gasteiger partial charge in [-0.3, -0.25) is 14.9 Å². The van der Waals surface area contributed by atoms with E-state index in [1.807, 2.05) is 13.8 Å². The molecule has 1 atom stereocenters. The third kappa shape index (κ3) is 3.30. The highest BCUT2D eigenvalue weighted by molar-refractivity contribution is 6.16. The number of carbonyl (C=O) groups excluding carboxylic acids is 2. The maximum absolute atomic E-state index is 13.2. The van der Waals surface area contributed by atoms with E-state index in [2.05, 4.69) is 4.99 Å². The number of carbonyl (C=O) groups is 2. The Kier molecular flexibility index (Phi) is 5.34. The van der Waals surface area contributed by atoms with E-state index in [0.717, 1.165) is 10.5 Å². The van der Waals surface area contributed by atoms with E-state index in [9.17, 15) is 19.7 Å². The molecule has 3 rings (SSSR count). The van der Waals surface area contributed by atoms with Crippen molar-refractivity contribution < 1.29 is 23.8 Å². The molecule has 2 heterocycles. The molecule has 0 aromatic heterocycles. The van der Waals surface area contributed by atoms with Gasteiger partial charge < -0.3 is 4.74 Å². The predicted octanol–water partition coefficient (Wildman–Crippen LogP) is 2.50. The van der Waals surface area contributed by atoms with Crippen LogP contribution in [0.3, 0.4) is 0 Å². The van der Waals surface area contributed by atoms with Gasteiger partial charge in [0.15, 0.2) is 5.92 Å². The first-order valence-corrected chi connectivity index (χ1v) is 8.98. The Morgan fingerprint density at radius 2 is 1.93 bits per heavy atom. The number of benzene rings is 1. The molecule has 9 heteroatoms. The number of amides is 3. The molecule has 0 fully saturated rings. The molecule has 1 unspecified atom stereocenters. The summed E-state index contributed by atoms with van der Waals surface area (Å²) in [5, 5.41) is 10.8. The zero-order valence-electron chi connectivity index (χ0n) is 15.9. The molecule has 0 radical (unpaired) electrons. The van der Waals surface area contributed by atoms with E-state index >= 15 is 0 Å². The molecule has 2 aliphatic heterocycles. The first-order valence-electron chi connectivity index (χ1n) is 8.98. The molecule has 9 nitrogen and oxygen atoms in total. The summed E-state index contributed by atoms with van der Waals surface area (Å²) in [7, 11) is 1.57. The zero-order valence-corrected chi connectivity index (χ0v) is 15.9. The van der Waals surface area contributed by atoms with Crippen LogP contribution in [0.15, 0.2) is 40.6 Å². The Labute approximate surface area is 161 Å². The summed E-state index contributed by atoms with van der Waals surface area (Å²) in [5.41, 5.74) is 1.38. The normalized spacial score (nSPS) is 19.2. The van der Waals surface area contributed by atoms with Crippen LogP contribution in [0.4, 0.5) is 10.5 Å². The van der Waals surface area contributed by atoms with E-state index in [1.54, 1.807) is 13.3 Å². The molecule has 1 aromatic carbocycles. The lowest BCUT2D eigenvalue weighted by atomic mass is 9.94. The number of hydrogen-bond acceptors (Lipinski definition) is 6. The van der Waals surface area contributed by atoms with Gasteiger partial charge in [0.2, 0.25) is 0 Å². The number of aliphatic imine (C=N–C) groups is 1. The number of nitro groups is 1. The second-order valence-corrected chi connectivity index (χ2v) is 6.41. The molecule has 0 saturated heterocycles. The van der Waals surface area contributed by atoms with Gasteiger partial charge in [0.25, 0.3) is 11.5 Å². The number of hydrogen-bond donors (Lipinski definition) is 0. The number of nitrogens with zero attached hydrogens (tertiary/aromatic N) is 4. The third-order valence-corrected chi connectivity index (χ3v) is 4.73. The van der Waals surface area contributed by atoms with Crippen LogP contribution in [0.1, 0.15) is 25.8 Å². The summed E-state index contributed by atoms with van der Waals surface area (Å²) >= 11 is 0. The first-order chi connectivity index (χ1) is 13.4. The van der Waals surface area contributed by atoms with Crippen molar-refractivity contribution in [2.24, 2.45) is 10.9 Å². The number of nitro benzene ring substituents is 1. The maximum atomic E-state index is 13.2. The standard InChI is InChI=1S/C19H21N4O5/c1-4-13-10-20-17-15(16(13)28-5-2)18(24)22(19(25)21(17)3)11-12-6-8-14(9-7-12)23(26)27/h6-10,15H,4-5,11H2,1-3H3/q+1. The number of imide groups is 1. The van der Waals surface area contributed by atoms with E-state index in [1.165, 1.54) is 28.8 Å². The van der Waals surface area contributed by atoms with Crippen LogP contribution in [0, 0.1) is 16.0 Å². The Bertz CT molecular complexity index is 930. The summed E-state index contributed by atoms with van der Waals surface area (Å²) in [6, 6.07) is 5.27. The maximum Gasteiger partial charge on any atom is 0.445 e. The van der Waals surface area contributed by atoms with Gasteiger partial charge in [-0.15, -0.1) is 4.99 Å². The first kappa shape index (κ1) is 19.4. The van der Waals surface area contributed by atoms with Crippen molar-refractivity contribution in [3.63, 3.8) is 0 Å². The van der Waals surface area contributed by atoms with Crippen molar-refractivity contribution >= 4 is 29.7 Å². The number of rotatable bonds is 6. The second-order valence-electron chi connectivity index (χ2n) is 6.41. The van der Waals surface area contributed by atoms with Crippen molar-refractivity contribution in [1.82, 2.24) is 4.90 Å². The number of ether oxygens (including phenoxy) is 1. The summed E-state index contributed by atoms with van der Waals surface area (Å²) < 4.78 is 7.10. The number of urea groups is 1. The highest BCUT2D eigenvalue weighted by Gasteiger charge is 2.50. The van der Waals surface area contributed by atoms with Gasteiger partial charge in [-0.2, -0.15) is 9.48 Å². The number of amidine groups is 1. The van der Waals surface area contributed by atoms with Crippen molar-refractivity contribution in [1.29, 1.82) is 0 Å². The predicted molar refractivity (Wildman–Crippen MR) is 101 cm³/mol. The fourth-order valence-corrected chi connectivity index (χ4v) is 3.27. The van der Waals surface area contributed by atoms with Crippen molar-refractivity contribution in [2.75, 3.05) is 13.7 Å². The molecule has 0 N–H and O–H groups in total. The van der Waals surface area contributed by atoms with Crippen LogP contribution in [0.2, 0.25) is 0 Å². The minimum atomic E-state index is -0.777. The quantitative estimate of drug-likeness (QED) is 0.425. The molecule has 0 spiro atoms. The van der Waals surface area contributed by atoms with E-state index in [-0.39, 0.29) is 12.2 Å². The van der Waals surface area contributed by atoms with E-state index in [4.69, 9.17) is 4.74 Å². The fraction of sp³-hybridized carbons (Fsp3) is 0.368. The van der Waals surface area contributed by atoms with Gasteiger partial charge in [-0.25, -0.2) is 4.79 Å². The highest BCUT2D eigenvalue weighted by Crippen LogP contribution is 2.30. The minimum Gasteiger partial charge on any atom is -0.496 e. The molecule has 0 aliphatic carbocycles. The average Bonchev–Trinajstić information content (AvgIpc) is 2.69.